The number of ether oxygens (including phenoxy) is 1. The van der Waals surface area contributed by atoms with Gasteiger partial charge in [0.15, 0.2) is 0 Å². The van der Waals surface area contributed by atoms with Crippen molar-refractivity contribution in [2.75, 3.05) is 13.7 Å². The third-order valence-corrected chi connectivity index (χ3v) is 3.18. The van der Waals surface area contributed by atoms with E-state index < -0.39 is 0 Å². The SMILES string of the molecule is CCCOc1cncc(C(NC)c2cscn2)c1. The Bertz CT molecular complexity index is 473. The minimum atomic E-state index is 0.0638. The predicted octanol–water partition coefficient (Wildman–Crippen LogP) is 2.64. The maximum Gasteiger partial charge on any atom is 0.137 e. The topological polar surface area (TPSA) is 47.0 Å². The molecule has 1 atom stereocenters. The van der Waals surface area contributed by atoms with Gasteiger partial charge in [0.25, 0.3) is 0 Å². The van der Waals surface area contributed by atoms with E-state index in [1.54, 1.807) is 17.5 Å². The molecule has 0 saturated carbocycles. The Morgan fingerprint density at radius 3 is 3.00 bits per heavy atom. The molecule has 96 valence electrons. The average Bonchev–Trinajstić information content (AvgIpc) is 2.92. The van der Waals surface area contributed by atoms with Crippen LogP contribution in [0.25, 0.3) is 0 Å². The van der Waals surface area contributed by atoms with Crippen LogP contribution in [-0.4, -0.2) is 23.6 Å². The van der Waals surface area contributed by atoms with E-state index in [0.717, 1.165) is 23.4 Å². The molecule has 0 radical (unpaired) electrons. The van der Waals surface area contributed by atoms with Crippen LogP contribution in [0, 0.1) is 0 Å². The molecule has 0 aliphatic carbocycles. The molecule has 0 aromatic carbocycles. The number of nitrogens with one attached hydrogen (secondary N) is 1. The van der Waals surface area contributed by atoms with Gasteiger partial charge >= 0.3 is 0 Å². The molecule has 4 nitrogen and oxygen atoms in total. The first-order valence-corrected chi connectivity index (χ1v) is 6.92. The van der Waals surface area contributed by atoms with E-state index in [-0.39, 0.29) is 6.04 Å². The van der Waals surface area contributed by atoms with Crippen LogP contribution in [0.4, 0.5) is 0 Å². The standard InChI is InChI=1S/C13H17N3OS/c1-3-4-17-11-5-10(6-15-7-11)13(14-2)12-8-18-9-16-12/h5-9,13-14H,3-4H2,1-2H3. The van der Waals surface area contributed by atoms with Gasteiger partial charge in [-0.05, 0) is 25.1 Å². The van der Waals surface area contributed by atoms with Gasteiger partial charge in [0, 0.05) is 11.6 Å². The van der Waals surface area contributed by atoms with Crippen molar-refractivity contribution in [1.82, 2.24) is 15.3 Å². The Labute approximate surface area is 111 Å². The van der Waals surface area contributed by atoms with Crippen molar-refractivity contribution < 1.29 is 4.74 Å². The average molecular weight is 263 g/mol. The van der Waals surface area contributed by atoms with Crippen molar-refractivity contribution in [1.29, 1.82) is 0 Å². The zero-order chi connectivity index (χ0) is 12.8. The lowest BCUT2D eigenvalue weighted by atomic mass is 10.1. The van der Waals surface area contributed by atoms with Crippen LogP contribution >= 0.6 is 11.3 Å². The summed E-state index contributed by atoms with van der Waals surface area (Å²) in [7, 11) is 1.92. The Hall–Kier alpha value is -1.46. The molecule has 1 N–H and O–H groups in total. The fourth-order valence-corrected chi connectivity index (χ4v) is 2.32. The molecule has 0 aliphatic rings. The molecule has 0 saturated heterocycles. The summed E-state index contributed by atoms with van der Waals surface area (Å²) in [6.07, 6.45) is 4.58. The maximum absolute atomic E-state index is 5.60. The first-order chi connectivity index (χ1) is 8.85. The van der Waals surface area contributed by atoms with Crippen molar-refractivity contribution in [2.45, 2.75) is 19.4 Å². The van der Waals surface area contributed by atoms with Crippen LogP contribution in [0.15, 0.2) is 29.4 Å². The van der Waals surface area contributed by atoms with Crippen LogP contribution in [-0.2, 0) is 0 Å². The fraction of sp³-hybridized carbons (Fsp3) is 0.385. The zero-order valence-corrected chi connectivity index (χ0v) is 11.4. The van der Waals surface area contributed by atoms with Crippen LogP contribution in [0.2, 0.25) is 0 Å². The van der Waals surface area contributed by atoms with Crippen molar-refractivity contribution in [2.24, 2.45) is 0 Å². The molecule has 2 aromatic heterocycles. The van der Waals surface area contributed by atoms with Crippen molar-refractivity contribution in [3.63, 3.8) is 0 Å². The number of thiazole rings is 1. The zero-order valence-electron chi connectivity index (χ0n) is 10.6. The van der Waals surface area contributed by atoms with Gasteiger partial charge in [-0.3, -0.25) is 4.98 Å². The Morgan fingerprint density at radius 1 is 1.44 bits per heavy atom. The Morgan fingerprint density at radius 2 is 2.33 bits per heavy atom. The van der Waals surface area contributed by atoms with E-state index in [2.05, 4.69) is 22.2 Å². The molecule has 0 fully saturated rings. The van der Waals surface area contributed by atoms with Gasteiger partial charge in [-0.2, -0.15) is 0 Å². The van der Waals surface area contributed by atoms with E-state index in [0.29, 0.717) is 6.61 Å². The second-order valence-electron chi connectivity index (χ2n) is 3.94. The number of aromatic nitrogens is 2. The van der Waals surface area contributed by atoms with Gasteiger partial charge in [0.2, 0.25) is 0 Å². The summed E-state index contributed by atoms with van der Waals surface area (Å²) in [6.45, 7) is 2.80. The summed E-state index contributed by atoms with van der Waals surface area (Å²) in [5.74, 6) is 0.810. The normalized spacial score (nSPS) is 12.3. The predicted molar refractivity (Wildman–Crippen MR) is 73.0 cm³/mol. The van der Waals surface area contributed by atoms with Gasteiger partial charge < -0.3 is 10.1 Å². The summed E-state index contributed by atoms with van der Waals surface area (Å²) >= 11 is 1.59. The van der Waals surface area contributed by atoms with Gasteiger partial charge in [0.1, 0.15) is 5.75 Å². The van der Waals surface area contributed by atoms with Gasteiger partial charge in [-0.1, -0.05) is 6.92 Å². The van der Waals surface area contributed by atoms with Crippen molar-refractivity contribution >= 4 is 11.3 Å². The number of hydrogen-bond donors (Lipinski definition) is 1. The van der Waals surface area contributed by atoms with Gasteiger partial charge in [-0.25, -0.2) is 4.98 Å². The van der Waals surface area contributed by atoms with E-state index in [9.17, 15) is 0 Å². The van der Waals surface area contributed by atoms with Crippen LogP contribution < -0.4 is 10.1 Å². The molecule has 5 heteroatoms. The van der Waals surface area contributed by atoms with Crippen molar-refractivity contribution in [3.8, 4) is 5.75 Å². The molecule has 2 rings (SSSR count). The minimum absolute atomic E-state index is 0.0638. The lowest BCUT2D eigenvalue weighted by Gasteiger charge is -2.15. The molecule has 0 aliphatic heterocycles. The van der Waals surface area contributed by atoms with E-state index in [1.807, 2.05) is 30.2 Å². The largest absolute Gasteiger partial charge is 0.492 e. The monoisotopic (exact) mass is 263 g/mol. The lowest BCUT2D eigenvalue weighted by Crippen LogP contribution is -2.18. The van der Waals surface area contributed by atoms with Gasteiger partial charge in [-0.15, -0.1) is 11.3 Å². The third kappa shape index (κ3) is 3.05. The highest BCUT2D eigenvalue weighted by Gasteiger charge is 2.14. The molecular weight excluding hydrogens is 246 g/mol. The molecule has 2 aromatic rings. The van der Waals surface area contributed by atoms with Crippen LogP contribution in [0.1, 0.15) is 30.6 Å². The highest BCUT2D eigenvalue weighted by atomic mass is 32.1. The summed E-state index contributed by atoms with van der Waals surface area (Å²) in [5.41, 5.74) is 3.92. The molecule has 0 amide bonds. The smallest absolute Gasteiger partial charge is 0.137 e. The summed E-state index contributed by atoms with van der Waals surface area (Å²) in [5, 5.41) is 5.30. The summed E-state index contributed by atoms with van der Waals surface area (Å²) in [6, 6.07) is 2.08. The molecular formula is C13H17N3OS. The van der Waals surface area contributed by atoms with Crippen LogP contribution in [0.5, 0.6) is 5.75 Å². The minimum Gasteiger partial charge on any atom is -0.492 e. The first kappa shape index (κ1) is 13.0. The van der Waals surface area contributed by atoms with E-state index in [4.69, 9.17) is 4.74 Å². The van der Waals surface area contributed by atoms with Crippen LogP contribution in [0.3, 0.4) is 0 Å². The second-order valence-corrected chi connectivity index (χ2v) is 4.66. The quantitative estimate of drug-likeness (QED) is 0.870. The molecule has 0 spiro atoms. The Balaban J connectivity index is 2.20. The number of pyridine rings is 1. The van der Waals surface area contributed by atoms with E-state index >= 15 is 0 Å². The molecule has 0 bridgehead atoms. The number of hydrogen-bond acceptors (Lipinski definition) is 5. The summed E-state index contributed by atoms with van der Waals surface area (Å²) in [4.78, 5) is 8.57. The lowest BCUT2D eigenvalue weighted by molar-refractivity contribution is 0.315. The first-order valence-electron chi connectivity index (χ1n) is 5.98. The number of nitrogens with zero attached hydrogens (tertiary/aromatic N) is 2. The molecule has 2 heterocycles. The highest BCUT2D eigenvalue weighted by Crippen LogP contribution is 2.23. The van der Waals surface area contributed by atoms with Crippen molar-refractivity contribution in [3.05, 3.63) is 40.6 Å². The third-order valence-electron chi connectivity index (χ3n) is 2.58. The van der Waals surface area contributed by atoms with Gasteiger partial charge in [0.05, 0.1) is 30.1 Å². The maximum atomic E-state index is 5.60. The summed E-state index contributed by atoms with van der Waals surface area (Å²) < 4.78 is 5.60. The number of rotatable bonds is 6. The highest BCUT2D eigenvalue weighted by molar-refractivity contribution is 7.07. The van der Waals surface area contributed by atoms with E-state index in [1.165, 1.54) is 0 Å². The second kappa shape index (κ2) is 6.47. The fourth-order valence-electron chi connectivity index (χ4n) is 1.74. The molecule has 18 heavy (non-hydrogen) atoms. The molecule has 1 unspecified atom stereocenters. The Kier molecular flexibility index (Phi) is 4.66.